The van der Waals surface area contributed by atoms with Crippen molar-refractivity contribution in [2.45, 2.75) is 24.8 Å². The number of aromatic nitrogens is 2. The summed E-state index contributed by atoms with van der Waals surface area (Å²) in [4.78, 5) is 9.12. The highest BCUT2D eigenvalue weighted by atomic mass is 35.5. The highest BCUT2D eigenvalue weighted by Crippen LogP contribution is 2.15. The summed E-state index contributed by atoms with van der Waals surface area (Å²) in [6.45, 7) is 2.20. The summed E-state index contributed by atoms with van der Waals surface area (Å²) in [6, 6.07) is 2.85. The van der Waals surface area contributed by atoms with Crippen LogP contribution in [0.4, 0.5) is 0 Å². The van der Waals surface area contributed by atoms with E-state index < -0.39 is 10.0 Å². The number of hydrogen-bond acceptors (Lipinski definition) is 5. The van der Waals surface area contributed by atoms with Crippen molar-refractivity contribution in [2.24, 2.45) is 0 Å². The van der Waals surface area contributed by atoms with E-state index in [2.05, 4.69) is 14.7 Å². The fourth-order valence-electron chi connectivity index (χ4n) is 1.35. The summed E-state index contributed by atoms with van der Waals surface area (Å²) in [5.41, 5.74) is 0. The van der Waals surface area contributed by atoms with Gasteiger partial charge in [0.15, 0.2) is 0 Å². The largest absolute Gasteiger partial charge is 0.248 e. The van der Waals surface area contributed by atoms with Crippen molar-refractivity contribution < 1.29 is 8.42 Å². The minimum Gasteiger partial charge on any atom is -0.248 e. The first-order chi connectivity index (χ1) is 9.01. The Morgan fingerprint density at radius 1 is 1.32 bits per heavy atom. The number of hydrogen-bond donors (Lipinski definition) is 1. The first-order valence-corrected chi connectivity index (χ1v) is 8.24. The first-order valence-electron chi connectivity index (χ1n) is 5.56. The molecule has 0 saturated carbocycles. The predicted octanol–water partition coefficient (Wildman–Crippen LogP) is 2.23. The van der Waals surface area contributed by atoms with Crippen LogP contribution in [0, 0.1) is 0 Å². The Morgan fingerprint density at radius 3 is 2.68 bits per heavy atom. The van der Waals surface area contributed by atoms with Crippen LogP contribution in [0.3, 0.4) is 0 Å². The summed E-state index contributed by atoms with van der Waals surface area (Å²) >= 11 is 7.12. The number of sulfonamides is 1. The Hall–Kier alpha value is -1.02. The molecule has 19 heavy (non-hydrogen) atoms. The third kappa shape index (κ3) is 3.73. The number of halogens is 1. The molecule has 0 radical (unpaired) electrons. The zero-order chi connectivity index (χ0) is 13.9. The molecule has 2 aromatic heterocycles. The van der Waals surface area contributed by atoms with E-state index in [1.54, 1.807) is 6.20 Å². The topological polar surface area (TPSA) is 72.0 Å². The van der Waals surface area contributed by atoms with Crippen molar-refractivity contribution in [3.05, 3.63) is 39.6 Å². The fraction of sp³-hybridized carbons (Fsp3) is 0.273. The number of rotatable bonds is 5. The predicted molar refractivity (Wildman–Crippen MR) is 74.8 cm³/mol. The van der Waals surface area contributed by atoms with Gasteiger partial charge < -0.3 is 0 Å². The lowest BCUT2D eigenvalue weighted by atomic mass is 10.4. The van der Waals surface area contributed by atoms with Gasteiger partial charge in [0.05, 0.1) is 6.54 Å². The molecule has 0 saturated heterocycles. The van der Waals surface area contributed by atoms with Gasteiger partial charge in [0, 0.05) is 17.3 Å². The van der Waals surface area contributed by atoms with Crippen LogP contribution in [-0.4, -0.2) is 18.4 Å². The number of thiazole rings is 1. The van der Waals surface area contributed by atoms with Gasteiger partial charge in [0.2, 0.25) is 10.0 Å². The second-order valence-corrected chi connectivity index (χ2v) is 7.07. The van der Waals surface area contributed by atoms with Gasteiger partial charge >= 0.3 is 0 Å². The zero-order valence-corrected chi connectivity index (χ0v) is 12.5. The van der Waals surface area contributed by atoms with Gasteiger partial charge in [-0.05, 0) is 18.6 Å². The summed E-state index contributed by atoms with van der Waals surface area (Å²) < 4.78 is 26.4. The monoisotopic (exact) mass is 317 g/mol. The van der Waals surface area contributed by atoms with E-state index in [0.717, 1.165) is 16.3 Å². The van der Waals surface area contributed by atoms with Crippen molar-refractivity contribution in [1.82, 2.24) is 14.7 Å². The highest BCUT2D eigenvalue weighted by Gasteiger charge is 2.14. The van der Waals surface area contributed by atoms with Crippen molar-refractivity contribution in [3.63, 3.8) is 0 Å². The van der Waals surface area contributed by atoms with E-state index in [9.17, 15) is 8.42 Å². The summed E-state index contributed by atoms with van der Waals surface area (Å²) in [5.74, 6) is 0. The van der Waals surface area contributed by atoms with Gasteiger partial charge in [0.25, 0.3) is 0 Å². The smallest absolute Gasteiger partial charge is 0.242 e. The van der Waals surface area contributed by atoms with E-state index in [4.69, 9.17) is 11.6 Å². The number of pyridine rings is 1. The van der Waals surface area contributed by atoms with E-state index in [1.165, 1.54) is 29.7 Å². The number of aryl methyl sites for hydroxylation is 1. The zero-order valence-electron chi connectivity index (χ0n) is 10.1. The second kappa shape index (κ2) is 5.96. The molecule has 0 fully saturated rings. The molecule has 0 amide bonds. The van der Waals surface area contributed by atoms with Crippen molar-refractivity contribution in [2.75, 3.05) is 0 Å². The third-order valence-corrected chi connectivity index (χ3v) is 5.13. The molecule has 0 aliphatic heterocycles. The Balaban J connectivity index is 2.07. The average molecular weight is 318 g/mol. The molecule has 0 unspecified atom stereocenters. The van der Waals surface area contributed by atoms with Crippen LogP contribution in [0.25, 0.3) is 0 Å². The maximum absolute atomic E-state index is 12.0. The molecule has 2 heterocycles. The van der Waals surface area contributed by atoms with Gasteiger partial charge in [0.1, 0.15) is 15.1 Å². The standard InChI is InChI=1S/C11H12ClN3O2S2/c1-2-8-5-14-11(18-8)7-15-19(16,17)9-3-4-10(12)13-6-9/h3-6,15H,2,7H2,1H3. The molecule has 102 valence electrons. The Kier molecular flexibility index (Phi) is 4.51. The van der Waals surface area contributed by atoms with E-state index in [0.29, 0.717) is 0 Å². The van der Waals surface area contributed by atoms with E-state index >= 15 is 0 Å². The second-order valence-electron chi connectivity index (χ2n) is 3.72. The maximum Gasteiger partial charge on any atom is 0.242 e. The molecule has 2 aromatic rings. The number of nitrogens with one attached hydrogen (secondary N) is 1. The van der Waals surface area contributed by atoms with Crippen LogP contribution in [-0.2, 0) is 23.0 Å². The first kappa shape index (κ1) is 14.4. The SMILES string of the molecule is CCc1cnc(CNS(=O)(=O)c2ccc(Cl)nc2)s1. The van der Waals surface area contributed by atoms with Crippen LogP contribution < -0.4 is 4.72 Å². The molecule has 0 aromatic carbocycles. The van der Waals surface area contributed by atoms with Crippen molar-refractivity contribution >= 4 is 33.0 Å². The van der Waals surface area contributed by atoms with Crippen LogP contribution in [0.2, 0.25) is 5.15 Å². The van der Waals surface area contributed by atoms with Crippen LogP contribution >= 0.6 is 22.9 Å². The normalized spacial score (nSPS) is 11.7. The van der Waals surface area contributed by atoms with E-state index in [1.807, 2.05) is 6.92 Å². The van der Waals surface area contributed by atoms with Gasteiger partial charge in [-0.2, -0.15) is 0 Å². The quantitative estimate of drug-likeness (QED) is 0.858. The highest BCUT2D eigenvalue weighted by molar-refractivity contribution is 7.89. The molecule has 0 spiro atoms. The summed E-state index contributed by atoms with van der Waals surface area (Å²) in [5, 5.41) is 0.994. The van der Waals surface area contributed by atoms with Crippen LogP contribution in [0.1, 0.15) is 16.8 Å². The molecule has 0 atom stereocenters. The average Bonchev–Trinajstić information content (AvgIpc) is 2.85. The lowest BCUT2D eigenvalue weighted by molar-refractivity contribution is 0.580. The molecule has 1 N–H and O–H groups in total. The van der Waals surface area contributed by atoms with Crippen molar-refractivity contribution in [1.29, 1.82) is 0 Å². The number of nitrogens with zero attached hydrogens (tertiary/aromatic N) is 2. The Bertz CT molecular complexity index is 653. The van der Waals surface area contributed by atoms with Crippen molar-refractivity contribution in [3.8, 4) is 0 Å². The summed E-state index contributed by atoms with van der Waals surface area (Å²) in [7, 11) is -3.58. The van der Waals surface area contributed by atoms with Gasteiger partial charge in [-0.25, -0.2) is 23.1 Å². The molecule has 0 aliphatic rings. The maximum atomic E-state index is 12.0. The van der Waals surface area contributed by atoms with Gasteiger partial charge in [-0.3, -0.25) is 0 Å². The van der Waals surface area contributed by atoms with E-state index in [-0.39, 0.29) is 16.6 Å². The van der Waals surface area contributed by atoms with Crippen LogP contribution in [0.5, 0.6) is 0 Å². The Morgan fingerprint density at radius 2 is 2.11 bits per heavy atom. The van der Waals surface area contributed by atoms with Gasteiger partial charge in [-0.1, -0.05) is 18.5 Å². The molecule has 8 heteroatoms. The molecular formula is C11H12ClN3O2S2. The molecule has 0 bridgehead atoms. The lowest BCUT2D eigenvalue weighted by Gasteiger charge is -2.04. The molecule has 2 rings (SSSR count). The fourth-order valence-corrected chi connectivity index (χ4v) is 3.29. The minimum atomic E-state index is -3.58. The minimum absolute atomic E-state index is 0.0872. The third-order valence-electron chi connectivity index (χ3n) is 2.37. The van der Waals surface area contributed by atoms with Gasteiger partial charge in [-0.15, -0.1) is 11.3 Å². The lowest BCUT2D eigenvalue weighted by Crippen LogP contribution is -2.23. The summed E-state index contributed by atoms with van der Waals surface area (Å²) in [6.07, 6.45) is 3.88. The molecule has 0 aliphatic carbocycles. The Labute approximate surface area is 120 Å². The van der Waals surface area contributed by atoms with Crippen LogP contribution in [0.15, 0.2) is 29.4 Å². The molecule has 5 nitrogen and oxygen atoms in total. The molecular weight excluding hydrogens is 306 g/mol.